The van der Waals surface area contributed by atoms with Crippen LogP contribution in [0.5, 0.6) is 23.0 Å². The van der Waals surface area contributed by atoms with Crippen molar-refractivity contribution in [1.29, 1.82) is 5.26 Å². The normalized spacial score (nSPS) is 14.5. The second-order valence-corrected chi connectivity index (χ2v) is 8.13. The number of rotatable bonds is 7. The molecule has 4 rings (SSSR count). The monoisotopic (exact) mass is 473 g/mol. The molecule has 1 aliphatic rings. The van der Waals surface area contributed by atoms with Crippen LogP contribution in [0, 0.1) is 18.3 Å². The summed E-state index contributed by atoms with van der Waals surface area (Å²) in [4.78, 5) is 13.9. The second kappa shape index (κ2) is 9.85. The predicted octanol–water partition coefficient (Wildman–Crippen LogP) is 3.64. The topological polar surface area (TPSA) is 109 Å². The summed E-state index contributed by atoms with van der Waals surface area (Å²) in [5.74, 6) is 0.777. The lowest BCUT2D eigenvalue weighted by Crippen LogP contribution is -2.33. The Bertz CT molecular complexity index is 1390. The number of aromatic nitrogens is 1. The lowest BCUT2D eigenvalue weighted by molar-refractivity contribution is 0.346. The summed E-state index contributed by atoms with van der Waals surface area (Å²) in [6.45, 7) is 2.32. The molecule has 0 amide bonds. The van der Waals surface area contributed by atoms with E-state index < -0.39 is 5.92 Å². The molecular weight excluding hydrogens is 446 g/mol. The zero-order valence-electron chi connectivity index (χ0n) is 20.1. The highest BCUT2D eigenvalue weighted by atomic mass is 16.5. The van der Waals surface area contributed by atoms with Gasteiger partial charge < -0.3 is 29.2 Å². The summed E-state index contributed by atoms with van der Waals surface area (Å²) in [5, 5.41) is 10.0. The van der Waals surface area contributed by atoms with E-state index in [9.17, 15) is 10.1 Å². The van der Waals surface area contributed by atoms with Crippen LogP contribution < -0.4 is 30.2 Å². The number of ether oxygens (including phenoxy) is 4. The molecule has 2 N–H and O–H groups in total. The Morgan fingerprint density at radius 2 is 1.69 bits per heavy atom. The minimum absolute atomic E-state index is 0.0531. The SMILES string of the molecule is COc1cc(OC)c(C2C(C#N)=C(N)Oc3cc(C)n(CCc4ccccc4)c(=O)c32)cc1OC. The molecule has 8 nitrogen and oxygen atoms in total. The molecule has 3 aromatic rings. The van der Waals surface area contributed by atoms with Crippen molar-refractivity contribution in [3.8, 4) is 29.1 Å². The van der Waals surface area contributed by atoms with Gasteiger partial charge in [-0.2, -0.15) is 5.26 Å². The van der Waals surface area contributed by atoms with Crippen LogP contribution >= 0.6 is 0 Å². The number of allylic oxidation sites excluding steroid dienone is 1. The van der Waals surface area contributed by atoms with Gasteiger partial charge in [-0.25, -0.2) is 0 Å². The fraction of sp³-hybridized carbons (Fsp3) is 0.259. The largest absolute Gasteiger partial charge is 0.496 e. The van der Waals surface area contributed by atoms with Gasteiger partial charge in [0, 0.05) is 29.9 Å². The van der Waals surface area contributed by atoms with Crippen LogP contribution in [-0.2, 0) is 13.0 Å². The third-order valence-corrected chi connectivity index (χ3v) is 6.20. The Labute approximate surface area is 203 Å². The van der Waals surface area contributed by atoms with E-state index in [0.29, 0.717) is 47.1 Å². The van der Waals surface area contributed by atoms with Gasteiger partial charge in [0.2, 0.25) is 5.88 Å². The molecule has 180 valence electrons. The first-order chi connectivity index (χ1) is 16.9. The quantitative estimate of drug-likeness (QED) is 0.558. The highest BCUT2D eigenvalue weighted by molar-refractivity contribution is 5.61. The second-order valence-electron chi connectivity index (χ2n) is 8.13. The minimum Gasteiger partial charge on any atom is -0.496 e. The number of nitrogens with two attached hydrogens (primary N) is 1. The zero-order valence-corrected chi connectivity index (χ0v) is 20.1. The van der Waals surface area contributed by atoms with Gasteiger partial charge in [-0.1, -0.05) is 30.3 Å². The van der Waals surface area contributed by atoms with E-state index >= 15 is 0 Å². The summed E-state index contributed by atoms with van der Waals surface area (Å²) in [6.07, 6.45) is 0.675. The molecule has 0 bridgehead atoms. The Hall–Kier alpha value is -4.38. The minimum atomic E-state index is -0.811. The number of fused-ring (bicyclic) bond motifs is 1. The van der Waals surface area contributed by atoms with E-state index in [-0.39, 0.29) is 17.0 Å². The lowest BCUT2D eigenvalue weighted by atomic mass is 9.83. The molecule has 0 aliphatic carbocycles. The molecule has 0 radical (unpaired) electrons. The van der Waals surface area contributed by atoms with Crippen molar-refractivity contribution >= 4 is 0 Å². The van der Waals surface area contributed by atoms with Gasteiger partial charge in [-0.05, 0) is 25.0 Å². The van der Waals surface area contributed by atoms with Crippen LogP contribution in [0.1, 0.15) is 28.3 Å². The molecule has 1 aromatic heterocycles. The zero-order chi connectivity index (χ0) is 25.1. The molecule has 1 aliphatic heterocycles. The van der Waals surface area contributed by atoms with E-state index in [1.165, 1.54) is 21.3 Å². The van der Waals surface area contributed by atoms with Crippen LogP contribution in [0.15, 0.2) is 64.8 Å². The number of methoxy groups -OCH3 is 3. The molecule has 35 heavy (non-hydrogen) atoms. The van der Waals surface area contributed by atoms with Gasteiger partial charge in [0.05, 0.1) is 32.8 Å². The average Bonchev–Trinajstić information content (AvgIpc) is 2.87. The van der Waals surface area contributed by atoms with Gasteiger partial charge in [0.25, 0.3) is 5.56 Å². The van der Waals surface area contributed by atoms with E-state index in [0.717, 1.165) is 11.3 Å². The van der Waals surface area contributed by atoms with Gasteiger partial charge in [0.1, 0.15) is 23.1 Å². The molecule has 1 atom stereocenters. The fourth-order valence-corrected chi connectivity index (χ4v) is 4.44. The number of aryl methyl sites for hydroxylation is 2. The van der Waals surface area contributed by atoms with E-state index in [2.05, 4.69) is 6.07 Å². The summed E-state index contributed by atoms with van der Waals surface area (Å²) in [6, 6.07) is 17.2. The van der Waals surface area contributed by atoms with Crippen LogP contribution in [0.3, 0.4) is 0 Å². The van der Waals surface area contributed by atoms with Crippen molar-refractivity contribution in [3.63, 3.8) is 0 Å². The fourth-order valence-electron chi connectivity index (χ4n) is 4.44. The summed E-state index contributed by atoms with van der Waals surface area (Å²) in [7, 11) is 4.55. The maximum atomic E-state index is 13.9. The van der Waals surface area contributed by atoms with Gasteiger partial charge in [-0.15, -0.1) is 0 Å². The Morgan fingerprint density at radius 3 is 2.31 bits per heavy atom. The first-order valence-electron chi connectivity index (χ1n) is 11.1. The van der Waals surface area contributed by atoms with Gasteiger partial charge in [0.15, 0.2) is 11.5 Å². The number of benzene rings is 2. The van der Waals surface area contributed by atoms with Crippen LogP contribution in [0.2, 0.25) is 0 Å². The number of nitriles is 1. The highest BCUT2D eigenvalue weighted by Gasteiger charge is 2.36. The van der Waals surface area contributed by atoms with Crippen molar-refractivity contribution in [2.75, 3.05) is 21.3 Å². The average molecular weight is 474 g/mol. The van der Waals surface area contributed by atoms with E-state index in [4.69, 9.17) is 24.7 Å². The van der Waals surface area contributed by atoms with Gasteiger partial charge in [-0.3, -0.25) is 4.79 Å². The van der Waals surface area contributed by atoms with Crippen LogP contribution in [0.4, 0.5) is 0 Å². The molecule has 0 fully saturated rings. The van der Waals surface area contributed by atoms with Crippen molar-refractivity contribution < 1.29 is 18.9 Å². The highest BCUT2D eigenvalue weighted by Crippen LogP contribution is 2.46. The molecule has 0 saturated heterocycles. The maximum absolute atomic E-state index is 13.9. The molecule has 0 spiro atoms. The summed E-state index contributed by atoms with van der Waals surface area (Å²) in [5.41, 5.74) is 8.74. The first kappa shape index (κ1) is 23.8. The lowest BCUT2D eigenvalue weighted by Gasteiger charge is -2.28. The Morgan fingerprint density at radius 1 is 1.03 bits per heavy atom. The van der Waals surface area contributed by atoms with Crippen molar-refractivity contribution in [2.45, 2.75) is 25.8 Å². The molecule has 0 saturated carbocycles. The van der Waals surface area contributed by atoms with E-state index in [1.54, 1.807) is 22.8 Å². The molecule has 1 unspecified atom stereocenters. The predicted molar refractivity (Wildman–Crippen MR) is 131 cm³/mol. The Kier molecular flexibility index (Phi) is 6.69. The number of hydrogen-bond acceptors (Lipinski definition) is 7. The standard InChI is InChI=1S/C27H27N3O5/c1-16-12-23-25(27(31)30(16)11-10-17-8-6-5-7-9-17)24(19(15-28)26(29)35-23)18-13-21(33-3)22(34-4)14-20(18)32-2/h5-9,12-14,24H,10-11,29H2,1-4H3. The smallest absolute Gasteiger partial charge is 0.258 e. The van der Waals surface area contributed by atoms with Crippen molar-refractivity contribution in [2.24, 2.45) is 5.73 Å². The van der Waals surface area contributed by atoms with Crippen LogP contribution in [0.25, 0.3) is 0 Å². The number of nitrogens with zero attached hydrogens (tertiary/aromatic N) is 2. The summed E-state index contributed by atoms with van der Waals surface area (Å²) >= 11 is 0. The number of pyridine rings is 1. The first-order valence-corrected chi connectivity index (χ1v) is 11.1. The third kappa shape index (κ3) is 4.28. The van der Waals surface area contributed by atoms with Crippen molar-refractivity contribution in [1.82, 2.24) is 4.57 Å². The Balaban J connectivity index is 1.92. The number of hydrogen-bond donors (Lipinski definition) is 1. The van der Waals surface area contributed by atoms with E-state index in [1.807, 2.05) is 37.3 Å². The molecular formula is C27H27N3O5. The van der Waals surface area contributed by atoms with Crippen LogP contribution in [-0.4, -0.2) is 25.9 Å². The molecule has 8 heteroatoms. The van der Waals surface area contributed by atoms with Gasteiger partial charge >= 0.3 is 0 Å². The summed E-state index contributed by atoms with van der Waals surface area (Å²) < 4.78 is 24.0. The molecule has 2 aromatic carbocycles. The maximum Gasteiger partial charge on any atom is 0.258 e. The molecule has 2 heterocycles. The van der Waals surface area contributed by atoms with Crippen molar-refractivity contribution in [3.05, 3.63) is 92.7 Å². The third-order valence-electron chi connectivity index (χ3n) is 6.20.